The normalized spacial score (nSPS) is 39.4. The standard InChI is InChI=1S/C19H30O/c1-14-8-7-12-19(18(14)20)13-11-16-9-5-3-4-6-10-17(16)15(19)2/h14-15H,3-13H2,1-2H3/t14-,15+,19-/m1/s1. The van der Waals surface area contributed by atoms with Gasteiger partial charge in [0.2, 0.25) is 0 Å². The van der Waals surface area contributed by atoms with Crippen molar-refractivity contribution < 1.29 is 4.79 Å². The maximum absolute atomic E-state index is 12.9. The van der Waals surface area contributed by atoms with E-state index in [0.717, 1.165) is 19.3 Å². The summed E-state index contributed by atoms with van der Waals surface area (Å²) in [7, 11) is 0. The Morgan fingerprint density at radius 1 is 0.900 bits per heavy atom. The molecule has 0 amide bonds. The van der Waals surface area contributed by atoms with Crippen LogP contribution in [-0.2, 0) is 4.79 Å². The molecule has 1 heteroatoms. The van der Waals surface area contributed by atoms with Crippen molar-refractivity contribution in [2.75, 3.05) is 0 Å². The Morgan fingerprint density at radius 2 is 1.65 bits per heavy atom. The fraction of sp³-hybridized carbons (Fsp3) is 0.842. The highest BCUT2D eigenvalue weighted by molar-refractivity contribution is 5.88. The third-order valence-corrected chi connectivity index (χ3v) is 6.55. The summed E-state index contributed by atoms with van der Waals surface area (Å²) in [5, 5.41) is 0. The molecule has 3 atom stereocenters. The van der Waals surface area contributed by atoms with Gasteiger partial charge in [-0.25, -0.2) is 0 Å². The van der Waals surface area contributed by atoms with Crippen LogP contribution in [0.1, 0.15) is 84.5 Å². The number of carbonyl (C=O) groups is 1. The highest BCUT2D eigenvalue weighted by atomic mass is 16.1. The number of ketones is 1. The van der Waals surface area contributed by atoms with Crippen molar-refractivity contribution >= 4 is 5.78 Å². The van der Waals surface area contributed by atoms with E-state index in [2.05, 4.69) is 13.8 Å². The number of hydrogen-bond acceptors (Lipinski definition) is 1. The minimum absolute atomic E-state index is 0.0235. The van der Waals surface area contributed by atoms with Crippen molar-refractivity contribution in [3.63, 3.8) is 0 Å². The zero-order chi connectivity index (χ0) is 14.2. The number of hydrogen-bond donors (Lipinski definition) is 0. The van der Waals surface area contributed by atoms with Gasteiger partial charge in [0.15, 0.2) is 0 Å². The predicted octanol–water partition coefficient (Wildman–Crippen LogP) is 5.44. The van der Waals surface area contributed by atoms with E-state index >= 15 is 0 Å². The molecular weight excluding hydrogens is 244 g/mol. The van der Waals surface area contributed by atoms with Crippen molar-refractivity contribution in [3.05, 3.63) is 11.1 Å². The van der Waals surface area contributed by atoms with Gasteiger partial charge in [0.25, 0.3) is 0 Å². The summed E-state index contributed by atoms with van der Waals surface area (Å²) in [6.07, 6.45) is 14.0. The topological polar surface area (TPSA) is 17.1 Å². The quantitative estimate of drug-likeness (QED) is 0.537. The van der Waals surface area contributed by atoms with E-state index in [1.807, 2.05) is 0 Å². The minimum atomic E-state index is 0.0235. The van der Waals surface area contributed by atoms with Crippen molar-refractivity contribution in [2.45, 2.75) is 84.5 Å². The van der Waals surface area contributed by atoms with E-state index in [0.29, 0.717) is 17.6 Å². The molecule has 112 valence electrons. The van der Waals surface area contributed by atoms with Crippen LogP contribution in [0, 0.1) is 17.3 Å². The highest BCUT2D eigenvalue weighted by Crippen LogP contribution is 2.53. The summed E-state index contributed by atoms with van der Waals surface area (Å²) in [5.74, 6) is 1.44. The van der Waals surface area contributed by atoms with Crippen LogP contribution in [0.25, 0.3) is 0 Å². The Bertz CT molecular complexity index is 419. The van der Waals surface area contributed by atoms with Gasteiger partial charge < -0.3 is 0 Å². The van der Waals surface area contributed by atoms with E-state index in [1.54, 1.807) is 11.1 Å². The van der Waals surface area contributed by atoms with Crippen molar-refractivity contribution in [1.82, 2.24) is 0 Å². The highest BCUT2D eigenvalue weighted by Gasteiger charge is 2.49. The Balaban J connectivity index is 1.91. The maximum atomic E-state index is 12.9. The summed E-state index contributed by atoms with van der Waals surface area (Å²) in [6, 6.07) is 0. The Kier molecular flexibility index (Phi) is 4.06. The van der Waals surface area contributed by atoms with Gasteiger partial charge in [-0.2, -0.15) is 0 Å². The zero-order valence-corrected chi connectivity index (χ0v) is 13.3. The summed E-state index contributed by atoms with van der Waals surface area (Å²) in [6.45, 7) is 4.55. The average Bonchev–Trinajstić information content (AvgIpc) is 2.41. The van der Waals surface area contributed by atoms with Gasteiger partial charge in [-0.05, 0) is 57.3 Å². The fourth-order valence-corrected chi connectivity index (χ4v) is 5.22. The number of allylic oxidation sites excluding steroid dienone is 2. The fourth-order valence-electron chi connectivity index (χ4n) is 5.22. The Morgan fingerprint density at radius 3 is 2.45 bits per heavy atom. The molecule has 1 nitrogen and oxygen atoms in total. The van der Waals surface area contributed by atoms with Gasteiger partial charge in [0, 0.05) is 11.3 Å². The Labute approximate surface area is 124 Å². The molecule has 0 aromatic heterocycles. The van der Waals surface area contributed by atoms with E-state index in [1.165, 1.54) is 51.4 Å². The second kappa shape index (κ2) is 5.66. The van der Waals surface area contributed by atoms with Crippen LogP contribution in [-0.4, -0.2) is 5.78 Å². The molecule has 1 fully saturated rings. The lowest BCUT2D eigenvalue weighted by atomic mass is 9.55. The molecular formula is C19H30O. The van der Waals surface area contributed by atoms with Gasteiger partial charge in [-0.15, -0.1) is 0 Å². The van der Waals surface area contributed by atoms with Gasteiger partial charge in [0.1, 0.15) is 5.78 Å². The van der Waals surface area contributed by atoms with E-state index < -0.39 is 0 Å². The molecule has 0 N–H and O–H groups in total. The molecule has 1 spiro atoms. The van der Waals surface area contributed by atoms with Crippen molar-refractivity contribution in [2.24, 2.45) is 17.3 Å². The first-order valence-corrected chi connectivity index (χ1v) is 8.90. The SMILES string of the molecule is C[C@@H]1CCC[C@]2(CCC3=C(CCCCCC3)[C@@H]2C)C1=O. The van der Waals surface area contributed by atoms with Crippen LogP contribution in [0.3, 0.4) is 0 Å². The van der Waals surface area contributed by atoms with Gasteiger partial charge >= 0.3 is 0 Å². The lowest BCUT2D eigenvalue weighted by molar-refractivity contribution is -0.139. The molecule has 3 aliphatic rings. The van der Waals surface area contributed by atoms with Crippen LogP contribution < -0.4 is 0 Å². The van der Waals surface area contributed by atoms with Crippen molar-refractivity contribution in [1.29, 1.82) is 0 Å². The maximum Gasteiger partial charge on any atom is 0.142 e. The molecule has 0 unspecified atom stereocenters. The average molecular weight is 274 g/mol. The third kappa shape index (κ3) is 2.27. The van der Waals surface area contributed by atoms with Crippen LogP contribution in [0.5, 0.6) is 0 Å². The largest absolute Gasteiger partial charge is 0.299 e. The molecule has 3 rings (SSSR count). The summed E-state index contributed by atoms with van der Waals surface area (Å²) in [5.41, 5.74) is 3.47. The minimum Gasteiger partial charge on any atom is -0.299 e. The van der Waals surface area contributed by atoms with Crippen LogP contribution in [0.2, 0.25) is 0 Å². The molecule has 0 saturated heterocycles. The molecule has 0 aromatic rings. The molecule has 1 saturated carbocycles. The van der Waals surface area contributed by atoms with Crippen LogP contribution >= 0.6 is 0 Å². The number of rotatable bonds is 0. The monoisotopic (exact) mass is 274 g/mol. The number of carbonyl (C=O) groups excluding carboxylic acids is 1. The number of Topliss-reactive ketones (excluding diaryl/α,β-unsaturated/α-hetero) is 1. The molecule has 20 heavy (non-hydrogen) atoms. The van der Waals surface area contributed by atoms with Crippen molar-refractivity contribution in [3.8, 4) is 0 Å². The lowest BCUT2D eigenvalue weighted by Gasteiger charge is -2.48. The molecule has 3 aliphatic carbocycles. The van der Waals surface area contributed by atoms with E-state index in [4.69, 9.17) is 0 Å². The van der Waals surface area contributed by atoms with Crippen LogP contribution in [0.4, 0.5) is 0 Å². The van der Waals surface area contributed by atoms with Gasteiger partial charge in [-0.3, -0.25) is 4.79 Å². The second-order valence-corrected chi connectivity index (χ2v) is 7.58. The molecule has 0 radical (unpaired) electrons. The first kappa shape index (κ1) is 14.4. The first-order chi connectivity index (χ1) is 9.65. The summed E-state index contributed by atoms with van der Waals surface area (Å²) in [4.78, 5) is 12.9. The van der Waals surface area contributed by atoms with Crippen LogP contribution in [0.15, 0.2) is 11.1 Å². The van der Waals surface area contributed by atoms with Gasteiger partial charge in [-0.1, -0.05) is 44.3 Å². The third-order valence-electron chi connectivity index (χ3n) is 6.55. The molecule has 0 aliphatic heterocycles. The van der Waals surface area contributed by atoms with E-state index in [-0.39, 0.29) is 5.41 Å². The zero-order valence-electron chi connectivity index (χ0n) is 13.3. The Hall–Kier alpha value is -0.590. The molecule has 0 aromatic carbocycles. The molecule has 0 bridgehead atoms. The summed E-state index contributed by atoms with van der Waals surface area (Å²) < 4.78 is 0. The second-order valence-electron chi connectivity index (χ2n) is 7.58. The first-order valence-electron chi connectivity index (χ1n) is 8.90. The summed E-state index contributed by atoms with van der Waals surface area (Å²) >= 11 is 0. The van der Waals surface area contributed by atoms with Gasteiger partial charge in [0.05, 0.1) is 0 Å². The lowest BCUT2D eigenvalue weighted by Crippen LogP contribution is -2.46. The predicted molar refractivity (Wildman–Crippen MR) is 83.6 cm³/mol. The smallest absolute Gasteiger partial charge is 0.142 e. The van der Waals surface area contributed by atoms with E-state index in [9.17, 15) is 4.79 Å². The molecule has 0 heterocycles.